The molecule has 0 aliphatic rings. The highest BCUT2D eigenvalue weighted by atomic mass is 35.5. The van der Waals surface area contributed by atoms with Gasteiger partial charge in [-0.1, -0.05) is 70.8 Å². The topological polar surface area (TPSA) is 0 Å². The molecule has 0 aliphatic heterocycles. The second kappa shape index (κ2) is 4.48. The van der Waals surface area contributed by atoms with Gasteiger partial charge >= 0.3 is 0 Å². The van der Waals surface area contributed by atoms with Crippen molar-refractivity contribution in [2.24, 2.45) is 0 Å². The van der Waals surface area contributed by atoms with E-state index in [1.165, 1.54) is 11.1 Å². The Morgan fingerprint density at radius 2 is 1.29 bits per heavy atom. The first kappa shape index (κ1) is 14.9. The fourth-order valence-corrected chi connectivity index (χ4v) is 2.76. The molecule has 1 rings (SSSR count). The van der Waals surface area contributed by atoms with E-state index in [0.29, 0.717) is 10.0 Å². The van der Waals surface area contributed by atoms with E-state index in [0.717, 1.165) is 5.56 Å². The fraction of sp³-hybridized carbons (Fsp3) is 0.600. The lowest BCUT2D eigenvalue weighted by Crippen LogP contribution is -2.23. The van der Waals surface area contributed by atoms with Crippen LogP contribution in [0.25, 0.3) is 0 Å². The van der Waals surface area contributed by atoms with E-state index in [2.05, 4.69) is 47.6 Å². The molecule has 0 saturated heterocycles. The number of halogens is 2. The largest absolute Gasteiger partial charge is 0.0824 e. The van der Waals surface area contributed by atoms with E-state index in [4.69, 9.17) is 23.2 Å². The minimum absolute atomic E-state index is 0.00294. The second-order valence-electron chi connectivity index (χ2n) is 6.74. The number of hydrogen-bond donors (Lipinski definition) is 0. The van der Waals surface area contributed by atoms with Gasteiger partial charge in [-0.25, -0.2) is 0 Å². The van der Waals surface area contributed by atoms with Crippen LogP contribution >= 0.6 is 23.2 Å². The van der Waals surface area contributed by atoms with Crippen LogP contribution in [-0.4, -0.2) is 0 Å². The van der Waals surface area contributed by atoms with Crippen LogP contribution in [0, 0.1) is 6.92 Å². The highest BCUT2D eigenvalue weighted by molar-refractivity contribution is 6.43. The Morgan fingerprint density at radius 1 is 0.824 bits per heavy atom. The summed E-state index contributed by atoms with van der Waals surface area (Å²) in [6.45, 7) is 15.2. The molecular weight excluding hydrogens is 251 g/mol. The number of rotatable bonds is 0. The quantitative estimate of drug-likeness (QED) is 0.552. The van der Waals surface area contributed by atoms with E-state index in [1.54, 1.807) is 0 Å². The smallest absolute Gasteiger partial charge is 0.0635 e. The molecule has 0 unspecified atom stereocenters. The van der Waals surface area contributed by atoms with Crippen LogP contribution in [-0.2, 0) is 10.8 Å². The van der Waals surface area contributed by atoms with Crippen molar-refractivity contribution in [2.75, 3.05) is 0 Å². The third-order valence-corrected chi connectivity index (χ3v) is 3.91. The van der Waals surface area contributed by atoms with E-state index in [9.17, 15) is 0 Å². The van der Waals surface area contributed by atoms with Crippen LogP contribution in [0.3, 0.4) is 0 Å². The van der Waals surface area contributed by atoms with Gasteiger partial charge in [-0.3, -0.25) is 0 Å². The molecule has 0 saturated carbocycles. The van der Waals surface area contributed by atoms with Crippen molar-refractivity contribution in [3.8, 4) is 0 Å². The Morgan fingerprint density at radius 3 is 1.65 bits per heavy atom. The molecule has 0 aromatic heterocycles. The van der Waals surface area contributed by atoms with Gasteiger partial charge < -0.3 is 0 Å². The molecule has 2 heteroatoms. The average molecular weight is 273 g/mol. The number of benzene rings is 1. The first-order chi connectivity index (χ1) is 7.46. The molecule has 96 valence electrons. The zero-order chi connectivity index (χ0) is 13.6. The van der Waals surface area contributed by atoms with Gasteiger partial charge in [0.05, 0.1) is 10.0 Å². The standard InChI is InChI=1S/C15H22Cl2/c1-9-8-10(14(2,3)4)11(15(5,6)7)13(17)12(9)16/h8H,1-7H3. The van der Waals surface area contributed by atoms with Crippen molar-refractivity contribution >= 4 is 23.2 Å². The van der Waals surface area contributed by atoms with Crippen molar-refractivity contribution < 1.29 is 0 Å². The minimum atomic E-state index is -0.00294. The van der Waals surface area contributed by atoms with Gasteiger partial charge in [-0.05, 0) is 34.4 Å². The van der Waals surface area contributed by atoms with Crippen molar-refractivity contribution in [1.82, 2.24) is 0 Å². The Hall–Kier alpha value is -0.200. The van der Waals surface area contributed by atoms with E-state index in [-0.39, 0.29) is 10.8 Å². The lowest BCUT2D eigenvalue weighted by atomic mass is 9.74. The summed E-state index contributed by atoms with van der Waals surface area (Å²) in [7, 11) is 0. The molecule has 17 heavy (non-hydrogen) atoms. The summed E-state index contributed by atoms with van der Waals surface area (Å²) in [6.07, 6.45) is 0. The van der Waals surface area contributed by atoms with Crippen LogP contribution in [0.15, 0.2) is 6.07 Å². The zero-order valence-electron chi connectivity index (χ0n) is 11.8. The molecule has 0 aliphatic carbocycles. The number of hydrogen-bond acceptors (Lipinski definition) is 0. The molecule has 0 bridgehead atoms. The number of aryl methyl sites for hydroxylation is 1. The molecular formula is C15H22Cl2. The maximum atomic E-state index is 6.46. The lowest BCUT2D eigenvalue weighted by Gasteiger charge is -2.32. The first-order valence-corrected chi connectivity index (χ1v) is 6.71. The molecule has 0 spiro atoms. The summed E-state index contributed by atoms with van der Waals surface area (Å²) >= 11 is 12.7. The normalized spacial score (nSPS) is 13.0. The maximum Gasteiger partial charge on any atom is 0.0635 e. The molecule has 0 heterocycles. The third kappa shape index (κ3) is 2.98. The predicted octanol–water partition coefficient (Wildman–Crippen LogP) is 5.90. The van der Waals surface area contributed by atoms with Gasteiger partial charge in [0, 0.05) is 0 Å². The zero-order valence-corrected chi connectivity index (χ0v) is 13.3. The van der Waals surface area contributed by atoms with E-state index in [1.807, 2.05) is 6.92 Å². The van der Waals surface area contributed by atoms with Crippen LogP contribution < -0.4 is 0 Å². The van der Waals surface area contributed by atoms with Crippen molar-refractivity contribution in [3.05, 3.63) is 32.8 Å². The third-order valence-electron chi connectivity index (χ3n) is 2.95. The van der Waals surface area contributed by atoms with Crippen LogP contribution in [0.5, 0.6) is 0 Å². The second-order valence-corrected chi connectivity index (χ2v) is 7.50. The highest BCUT2D eigenvalue weighted by Crippen LogP contribution is 2.42. The summed E-state index contributed by atoms with van der Waals surface area (Å²) in [4.78, 5) is 0. The van der Waals surface area contributed by atoms with Crippen LogP contribution in [0.2, 0.25) is 10.0 Å². The Bertz CT molecular complexity index is 432. The minimum Gasteiger partial charge on any atom is -0.0824 e. The van der Waals surface area contributed by atoms with Crippen LogP contribution in [0.1, 0.15) is 58.2 Å². The molecule has 1 aromatic carbocycles. The molecule has 0 N–H and O–H groups in total. The first-order valence-electron chi connectivity index (χ1n) is 5.96. The maximum absolute atomic E-state index is 6.46. The van der Waals surface area contributed by atoms with Gasteiger partial charge in [0.2, 0.25) is 0 Å². The molecule has 0 amide bonds. The van der Waals surface area contributed by atoms with Crippen molar-refractivity contribution in [2.45, 2.75) is 59.3 Å². The molecule has 0 atom stereocenters. The Kier molecular flexibility index (Phi) is 3.91. The SMILES string of the molecule is Cc1cc(C(C)(C)C)c(C(C)(C)C)c(Cl)c1Cl. The van der Waals surface area contributed by atoms with Gasteiger partial charge in [0.1, 0.15) is 0 Å². The highest BCUT2D eigenvalue weighted by Gasteiger charge is 2.29. The summed E-state index contributed by atoms with van der Waals surface area (Å²) in [5.41, 5.74) is 3.58. The van der Waals surface area contributed by atoms with Crippen molar-refractivity contribution in [3.63, 3.8) is 0 Å². The molecule has 1 aromatic rings. The van der Waals surface area contributed by atoms with E-state index < -0.39 is 0 Å². The Balaban J connectivity index is 3.71. The van der Waals surface area contributed by atoms with Gasteiger partial charge in [0.25, 0.3) is 0 Å². The summed E-state index contributed by atoms with van der Waals surface area (Å²) < 4.78 is 0. The van der Waals surface area contributed by atoms with Crippen molar-refractivity contribution in [1.29, 1.82) is 0 Å². The summed E-state index contributed by atoms with van der Waals surface area (Å²) in [5, 5.41) is 1.40. The fourth-order valence-electron chi connectivity index (χ4n) is 2.08. The van der Waals surface area contributed by atoms with E-state index >= 15 is 0 Å². The van der Waals surface area contributed by atoms with Gasteiger partial charge in [-0.2, -0.15) is 0 Å². The van der Waals surface area contributed by atoms with Gasteiger partial charge in [0.15, 0.2) is 0 Å². The summed E-state index contributed by atoms with van der Waals surface area (Å²) in [5.74, 6) is 0. The van der Waals surface area contributed by atoms with Crippen LogP contribution in [0.4, 0.5) is 0 Å². The van der Waals surface area contributed by atoms with Gasteiger partial charge in [-0.15, -0.1) is 0 Å². The molecule has 0 nitrogen and oxygen atoms in total. The molecule has 0 radical (unpaired) electrons. The predicted molar refractivity (Wildman–Crippen MR) is 78.6 cm³/mol. The Labute approximate surface area is 115 Å². The lowest BCUT2D eigenvalue weighted by molar-refractivity contribution is 0.530. The monoisotopic (exact) mass is 272 g/mol. The average Bonchev–Trinajstić information content (AvgIpc) is 2.09. The summed E-state index contributed by atoms with van der Waals surface area (Å²) in [6, 6.07) is 2.18. The molecule has 0 fully saturated rings.